The van der Waals surface area contributed by atoms with Crippen molar-refractivity contribution in [2.45, 2.75) is 65.1 Å². The number of nitrogens with zero attached hydrogens (tertiary/aromatic N) is 1. The largest absolute Gasteiger partial charge is 0.390 e. The van der Waals surface area contributed by atoms with Gasteiger partial charge in [0, 0.05) is 13.1 Å². The van der Waals surface area contributed by atoms with Gasteiger partial charge in [0.2, 0.25) is 0 Å². The van der Waals surface area contributed by atoms with Crippen LogP contribution in [-0.2, 0) is 4.74 Å². The Balaban J connectivity index is 2.35. The zero-order valence-corrected chi connectivity index (χ0v) is 12.4. The molecule has 3 atom stereocenters. The van der Waals surface area contributed by atoms with Crippen LogP contribution < -0.4 is 0 Å². The highest BCUT2D eigenvalue weighted by molar-refractivity contribution is 4.79. The highest BCUT2D eigenvalue weighted by Gasteiger charge is 2.27. The average molecular weight is 257 g/mol. The summed E-state index contributed by atoms with van der Waals surface area (Å²) < 4.78 is 5.73. The van der Waals surface area contributed by atoms with E-state index in [1.165, 1.54) is 25.7 Å². The van der Waals surface area contributed by atoms with E-state index in [1.807, 2.05) is 0 Å². The summed E-state index contributed by atoms with van der Waals surface area (Å²) in [7, 11) is 0. The van der Waals surface area contributed by atoms with Crippen molar-refractivity contribution in [1.82, 2.24) is 4.90 Å². The van der Waals surface area contributed by atoms with Crippen molar-refractivity contribution in [2.24, 2.45) is 5.92 Å². The van der Waals surface area contributed by atoms with Gasteiger partial charge in [-0.15, -0.1) is 0 Å². The molecule has 0 radical (unpaired) electrons. The molecule has 1 heterocycles. The summed E-state index contributed by atoms with van der Waals surface area (Å²) in [5, 5.41) is 10.3. The van der Waals surface area contributed by atoms with Crippen molar-refractivity contribution in [3.63, 3.8) is 0 Å². The third kappa shape index (κ3) is 5.25. The Morgan fingerprint density at radius 2 is 2.11 bits per heavy atom. The van der Waals surface area contributed by atoms with Crippen molar-refractivity contribution in [1.29, 1.82) is 0 Å². The predicted octanol–water partition coefficient (Wildman–Crippen LogP) is 2.67. The molecule has 1 rings (SSSR count). The summed E-state index contributed by atoms with van der Waals surface area (Å²) >= 11 is 0. The van der Waals surface area contributed by atoms with E-state index in [4.69, 9.17) is 4.74 Å². The van der Waals surface area contributed by atoms with Crippen LogP contribution >= 0.6 is 0 Å². The quantitative estimate of drug-likeness (QED) is 0.725. The number of rotatable bonds is 8. The van der Waals surface area contributed by atoms with Crippen molar-refractivity contribution in [2.75, 3.05) is 26.2 Å². The average Bonchev–Trinajstić information content (AvgIpc) is 2.43. The number of ether oxygens (including phenoxy) is 1. The number of unbranched alkanes of at least 4 members (excludes halogenated alkanes) is 1. The number of likely N-dealkylation sites (N-methyl/N-ethyl adjacent to an activating group) is 1. The van der Waals surface area contributed by atoms with Crippen LogP contribution in [-0.4, -0.2) is 48.5 Å². The summed E-state index contributed by atoms with van der Waals surface area (Å²) in [5.74, 6) is 0.653. The molecule has 0 aliphatic carbocycles. The Bertz CT molecular complexity index is 211. The molecule has 1 fully saturated rings. The third-order valence-electron chi connectivity index (χ3n) is 4.17. The summed E-state index contributed by atoms with van der Waals surface area (Å²) in [6, 6.07) is 0. The highest BCUT2D eigenvalue weighted by Crippen LogP contribution is 2.22. The Morgan fingerprint density at radius 3 is 2.72 bits per heavy atom. The zero-order valence-electron chi connectivity index (χ0n) is 12.4. The molecule has 1 aliphatic heterocycles. The van der Waals surface area contributed by atoms with Crippen LogP contribution in [0.2, 0.25) is 0 Å². The van der Waals surface area contributed by atoms with Gasteiger partial charge in [0.25, 0.3) is 0 Å². The van der Waals surface area contributed by atoms with Crippen LogP contribution in [0.1, 0.15) is 52.9 Å². The van der Waals surface area contributed by atoms with Gasteiger partial charge in [0.05, 0.1) is 18.8 Å². The lowest BCUT2D eigenvalue weighted by Gasteiger charge is -2.35. The van der Waals surface area contributed by atoms with E-state index < -0.39 is 0 Å². The van der Waals surface area contributed by atoms with E-state index in [1.54, 1.807) is 0 Å². The normalized spacial score (nSPS) is 25.0. The van der Waals surface area contributed by atoms with E-state index in [-0.39, 0.29) is 12.2 Å². The number of aliphatic hydroxyl groups is 1. The molecule has 0 spiro atoms. The maximum Gasteiger partial charge on any atom is 0.0961 e. The van der Waals surface area contributed by atoms with Crippen molar-refractivity contribution < 1.29 is 9.84 Å². The second-order valence-corrected chi connectivity index (χ2v) is 5.52. The minimum Gasteiger partial charge on any atom is -0.390 e. The van der Waals surface area contributed by atoms with Gasteiger partial charge in [-0.1, -0.05) is 46.5 Å². The van der Waals surface area contributed by atoms with Crippen molar-refractivity contribution >= 4 is 0 Å². The first-order chi connectivity index (χ1) is 8.71. The fraction of sp³-hybridized carbons (Fsp3) is 1.00. The van der Waals surface area contributed by atoms with E-state index >= 15 is 0 Å². The zero-order chi connectivity index (χ0) is 13.4. The minimum atomic E-state index is -0.291. The van der Waals surface area contributed by atoms with E-state index in [0.29, 0.717) is 5.92 Å². The van der Waals surface area contributed by atoms with Crippen LogP contribution in [0.5, 0.6) is 0 Å². The summed E-state index contributed by atoms with van der Waals surface area (Å²) in [6.07, 6.45) is 5.57. The summed E-state index contributed by atoms with van der Waals surface area (Å²) in [6.45, 7) is 10.3. The maximum absolute atomic E-state index is 10.3. The lowest BCUT2D eigenvalue weighted by Crippen LogP contribution is -2.47. The van der Waals surface area contributed by atoms with E-state index in [2.05, 4.69) is 25.7 Å². The molecule has 3 unspecified atom stereocenters. The summed E-state index contributed by atoms with van der Waals surface area (Å²) in [5.41, 5.74) is 0. The van der Waals surface area contributed by atoms with Crippen LogP contribution in [0.15, 0.2) is 0 Å². The van der Waals surface area contributed by atoms with Crippen molar-refractivity contribution in [3.8, 4) is 0 Å². The Labute approximate surface area is 113 Å². The molecule has 0 aromatic carbocycles. The van der Waals surface area contributed by atoms with E-state index in [9.17, 15) is 5.11 Å². The fourth-order valence-electron chi connectivity index (χ4n) is 2.73. The van der Waals surface area contributed by atoms with Gasteiger partial charge in [0.1, 0.15) is 0 Å². The number of hydrogen-bond acceptors (Lipinski definition) is 3. The first-order valence-corrected chi connectivity index (χ1v) is 7.73. The first-order valence-electron chi connectivity index (χ1n) is 7.73. The number of aliphatic hydroxyl groups excluding tert-OH is 1. The maximum atomic E-state index is 10.3. The van der Waals surface area contributed by atoms with Crippen LogP contribution in [0.25, 0.3) is 0 Å². The molecule has 1 N–H and O–H groups in total. The molecule has 0 amide bonds. The van der Waals surface area contributed by atoms with E-state index in [0.717, 1.165) is 32.7 Å². The molecule has 0 saturated carbocycles. The molecule has 0 aromatic rings. The van der Waals surface area contributed by atoms with Crippen LogP contribution in [0.3, 0.4) is 0 Å². The molecule has 18 heavy (non-hydrogen) atoms. The lowest BCUT2D eigenvalue weighted by molar-refractivity contribution is -0.0934. The van der Waals surface area contributed by atoms with Crippen LogP contribution in [0.4, 0.5) is 0 Å². The molecule has 1 saturated heterocycles. The smallest absolute Gasteiger partial charge is 0.0961 e. The molecule has 0 aromatic heterocycles. The molecular weight excluding hydrogens is 226 g/mol. The number of hydrogen-bond donors (Lipinski definition) is 1. The number of morpholine rings is 1. The predicted molar refractivity (Wildman–Crippen MR) is 75.8 cm³/mol. The minimum absolute atomic E-state index is 0.0226. The van der Waals surface area contributed by atoms with Gasteiger partial charge < -0.3 is 9.84 Å². The van der Waals surface area contributed by atoms with Gasteiger partial charge in [-0.25, -0.2) is 0 Å². The summed E-state index contributed by atoms with van der Waals surface area (Å²) in [4.78, 5) is 2.37. The van der Waals surface area contributed by atoms with Crippen molar-refractivity contribution in [3.05, 3.63) is 0 Å². The van der Waals surface area contributed by atoms with Gasteiger partial charge >= 0.3 is 0 Å². The Hall–Kier alpha value is -0.120. The topological polar surface area (TPSA) is 32.7 Å². The highest BCUT2D eigenvalue weighted by atomic mass is 16.5. The second kappa shape index (κ2) is 8.89. The standard InChI is InChI=1S/C15H31NO2/c1-4-7-8-13(5-2)11-14(17)15-12-16(6-3)9-10-18-15/h13-15,17H,4-12H2,1-3H3. The molecule has 3 nitrogen and oxygen atoms in total. The molecule has 1 aliphatic rings. The molecule has 3 heteroatoms. The Morgan fingerprint density at radius 1 is 1.33 bits per heavy atom. The van der Waals surface area contributed by atoms with Gasteiger partial charge in [-0.2, -0.15) is 0 Å². The third-order valence-corrected chi connectivity index (χ3v) is 4.17. The first kappa shape index (κ1) is 15.9. The fourth-order valence-corrected chi connectivity index (χ4v) is 2.73. The molecule has 108 valence electrons. The lowest BCUT2D eigenvalue weighted by atomic mass is 9.91. The van der Waals surface area contributed by atoms with Crippen LogP contribution in [0, 0.1) is 5.92 Å². The molecular formula is C15H31NO2. The van der Waals surface area contributed by atoms with Gasteiger partial charge in [0.15, 0.2) is 0 Å². The van der Waals surface area contributed by atoms with Gasteiger partial charge in [-0.3, -0.25) is 4.90 Å². The van der Waals surface area contributed by atoms with Gasteiger partial charge in [-0.05, 0) is 18.9 Å². The monoisotopic (exact) mass is 257 g/mol. The molecule has 0 bridgehead atoms. The second-order valence-electron chi connectivity index (χ2n) is 5.52. The Kier molecular flexibility index (Phi) is 7.87. The SMILES string of the molecule is CCCCC(CC)CC(O)C1CN(CC)CCO1.